The van der Waals surface area contributed by atoms with E-state index < -0.39 is 0 Å². The minimum Gasteiger partial charge on any atom is -0.497 e. The number of hydrogen-bond donors (Lipinski definition) is 3. The molecule has 3 rings (SSSR count). The van der Waals surface area contributed by atoms with Gasteiger partial charge in [-0.25, -0.2) is 0 Å². The Hall–Kier alpha value is -2.97. The number of fused-ring (bicyclic) bond motifs is 1. The monoisotopic (exact) mass is 441 g/mol. The van der Waals surface area contributed by atoms with Gasteiger partial charge in [0.1, 0.15) is 11.5 Å². The number of nitrogens with one attached hydrogen (secondary N) is 3. The van der Waals surface area contributed by atoms with Gasteiger partial charge in [0.25, 0.3) is 0 Å². The first-order valence-electron chi connectivity index (χ1n) is 9.23. The van der Waals surface area contributed by atoms with E-state index in [-0.39, 0.29) is 11.0 Å². The second-order valence-electron chi connectivity index (χ2n) is 6.32. The van der Waals surface area contributed by atoms with Crippen molar-refractivity contribution in [1.82, 2.24) is 10.9 Å². The summed E-state index contributed by atoms with van der Waals surface area (Å²) >= 11 is 6.79. The Morgan fingerprint density at radius 1 is 1.00 bits per heavy atom. The van der Waals surface area contributed by atoms with Crippen LogP contribution in [-0.4, -0.2) is 31.0 Å². The van der Waals surface area contributed by atoms with Crippen molar-refractivity contribution in [3.05, 3.63) is 66.2 Å². The van der Waals surface area contributed by atoms with Crippen LogP contribution in [0.2, 0.25) is 0 Å². The highest BCUT2D eigenvalue weighted by Gasteiger charge is 2.08. The molecule has 156 valence electrons. The van der Waals surface area contributed by atoms with Gasteiger partial charge in [-0.1, -0.05) is 42.5 Å². The fraction of sp³-hybridized carbons (Fsp3) is 0.182. The first-order chi connectivity index (χ1) is 14.6. The normalized spacial score (nSPS) is 10.3. The zero-order chi connectivity index (χ0) is 21.3. The molecule has 0 aromatic heterocycles. The third-order valence-electron chi connectivity index (χ3n) is 4.34. The van der Waals surface area contributed by atoms with Crippen molar-refractivity contribution in [1.29, 1.82) is 0 Å². The number of hydrogen-bond acceptors (Lipinski definition) is 5. The summed E-state index contributed by atoms with van der Waals surface area (Å²) in [5, 5.41) is 5.64. The third-order valence-corrected chi connectivity index (χ3v) is 5.53. The molecule has 0 aliphatic heterocycles. The molecule has 0 aliphatic rings. The molecule has 6 nitrogen and oxygen atoms in total. The molecule has 0 unspecified atom stereocenters. The highest BCUT2D eigenvalue weighted by Crippen LogP contribution is 2.28. The van der Waals surface area contributed by atoms with Crippen LogP contribution in [0.4, 0.5) is 5.69 Å². The van der Waals surface area contributed by atoms with Gasteiger partial charge >= 0.3 is 0 Å². The molecule has 0 spiro atoms. The van der Waals surface area contributed by atoms with E-state index in [0.29, 0.717) is 22.9 Å². The number of anilines is 1. The summed E-state index contributed by atoms with van der Waals surface area (Å²) in [5.41, 5.74) is 7.16. The van der Waals surface area contributed by atoms with Gasteiger partial charge in [-0.15, -0.1) is 11.8 Å². The molecule has 0 saturated carbocycles. The molecule has 8 heteroatoms. The summed E-state index contributed by atoms with van der Waals surface area (Å²) in [4.78, 5) is 12.2. The summed E-state index contributed by atoms with van der Waals surface area (Å²) in [5.74, 6) is 2.16. The number of amides is 1. The maximum Gasteiger partial charge on any atom is 0.248 e. The van der Waals surface area contributed by atoms with Gasteiger partial charge in [-0.2, -0.15) is 0 Å². The van der Waals surface area contributed by atoms with Gasteiger partial charge in [0, 0.05) is 11.8 Å². The van der Waals surface area contributed by atoms with Crippen LogP contribution in [0.25, 0.3) is 10.8 Å². The van der Waals surface area contributed by atoms with Crippen LogP contribution in [0.3, 0.4) is 0 Å². The molecule has 3 N–H and O–H groups in total. The third kappa shape index (κ3) is 5.77. The fourth-order valence-corrected chi connectivity index (χ4v) is 3.89. The number of carbonyl (C=O) groups is 1. The van der Waals surface area contributed by atoms with Crippen LogP contribution in [0.15, 0.2) is 60.7 Å². The molecule has 0 radical (unpaired) electrons. The van der Waals surface area contributed by atoms with Crippen molar-refractivity contribution in [3.8, 4) is 11.5 Å². The molecule has 3 aromatic rings. The zero-order valence-electron chi connectivity index (χ0n) is 16.7. The number of carbonyl (C=O) groups excluding carboxylic acids is 1. The topological polar surface area (TPSA) is 71.6 Å². The Morgan fingerprint density at radius 3 is 2.60 bits per heavy atom. The number of methoxy groups -OCH3 is 2. The molecule has 0 bridgehead atoms. The zero-order valence-corrected chi connectivity index (χ0v) is 18.4. The van der Waals surface area contributed by atoms with Crippen LogP contribution < -0.4 is 25.6 Å². The number of rotatable bonds is 7. The summed E-state index contributed by atoms with van der Waals surface area (Å²) in [7, 11) is 3.15. The first-order valence-corrected chi connectivity index (χ1v) is 10.8. The van der Waals surface area contributed by atoms with Crippen molar-refractivity contribution < 1.29 is 14.3 Å². The molecule has 1 amide bonds. The smallest absolute Gasteiger partial charge is 0.248 e. The van der Waals surface area contributed by atoms with Gasteiger partial charge in [0.05, 0.1) is 25.7 Å². The average Bonchev–Trinajstić information content (AvgIpc) is 2.77. The maximum absolute atomic E-state index is 12.2. The molecule has 0 atom stereocenters. The standard InChI is InChI=1S/C22H23N3O3S2/c1-27-17-10-11-20(28-2)19(12-17)23-22(29)25-24-21(26)14-30-13-16-8-5-7-15-6-3-4-9-18(15)16/h3-12H,13-14H2,1-2H3,(H,24,26)(H2,23,25,29). The van der Waals surface area contributed by atoms with E-state index in [1.807, 2.05) is 18.2 Å². The minimum atomic E-state index is -0.165. The molecule has 0 heterocycles. The van der Waals surface area contributed by atoms with Crippen LogP contribution in [0, 0.1) is 0 Å². The molecular formula is C22H23N3O3S2. The summed E-state index contributed by atoms with van der Waals surface area (Å²) < 4.78 is 10.5. The van der Waals surface area contributed by atoms with Crippen molar-refractivity contribution in [2.24, 2.45) is 0 Å². The fourth-order valence-electron chi connectivity index (χ4n) is 2.90. The molecule has 3 aromatic carbocycles. The van der Waals surface area contributed by atoms with Crippen LogP contribution in [0.5, 0.6) is 11.5 Å². The van der Waals surface area contributed by atoms with Gasteiger partial charge in [0.2, 0.25) is 5.91 Å². The van der Waals surface area contributed by atoms with Gasteiger partial charge < -0.3 is 14.8 Å². The molecular weight excluding hydrogens is 418 g/mol. The second kappa shape index (κ2) is 10.7. The average molecular weight is 442 g/mol. The highest BCUT2D eigenvalue weighted by molar-refractivity contribution is 7.99. The Morgan fingerprint density at radius 2 is 1.80 bits per heavy atom. The van der Waals surface area contributed by atoms with E-state index >= 15 is 0 Å². The lowest BCUT2D eigenvalue weighted by atomic mass is 10.1. The Bertz CT molecular complexity index is 1040. The Balaban J connectivity index is 1.46. The second-order valence-corrected chi connectivity index (χ2v) is 7.72. The van der Waals surface area contributed by atoms with Crippen LogP contribution in [-0.2, 0) is 10.5 Å². The number of hydrazine groups is 1. The van der Waals surface area contributed by atoms with Crippen LogP contribution in [0.1, 0.15) is 5.56 Å². The van der Waals surface area contributed by atoms with Crippen LogP contribution >= 0.6 is 24.0 Å². The SMILES string of the molecule is COc1ccc(OC)c(NC(=S)NNC(=O)CSCc2cccc3ccccc23)c1. The van der Waals surface area contributed by atoms with E-state index in [0.717, 1.165) is 5.75 Å². The number of thioether (sulfide) groups is 1. The highest BCUT2D eigenvalue weighted by atomic mass is 32.2. The van der Waals surface area contributed by atoms with Gasteiger partial charge in [-0.05, 0) is 40.7 Å². The summed E-state index contributed by atoms with van der Waals surface area (Å²) in [6.07, 6.45) is 0. The van der Waals surface area contributed by atoms with Crippen molar-refractivity contribution in [2.45, 2.75) is 5.75 Å². The van der Waals surface area contributed by atoms with E-state index in [1.165, 1.54) is 16.3 Å². The van der Waals surface area contributed by atoms with E-state index in [1.54, 1.807) is 44.2 Å². The Kier molecular flexibility index (Phi) is 7.75. The number of thiocarbonyl (C=S) groups is 1. The molecule has 30 heavy (non-hydrogen) atoms. The van der Waals surface area contributed by atoms with E-state index in [2.05, 4.69) is 40.4 Å². The van der Waals surface area contributed by atoms with Crippen molar-refractivity contribution >= 4 is 51.5 Å². The predicted molar refractivity (Wildman–Crippen MR) is 127 cm³/mol. The lowest BCUT2D eigenvalue weighted by Gasteiger charge is -2.15. The van der Waals surface area contributed by atoms with Crippen molar-refractivity contribution in [2.75, 3.05) is 25.3 Å². The Labute approximate surface area is 185 Å². The molecule has 0 fully saturated rings. The predicted octanol–water partition coefficient (Wildman–Crippen LogP) is 4.11. The number of benzene rings is 3. The molecule has 0 aliphatic carbocycles. The van der Waals surface area contributed by atoms with E-state index in [4.69, 9.17) is 21.7 Å². The first kappa shape index (κ1) is 21.7. The maximum atomic E-state index is 12.2. The quantitative estimate of drug-likeness (QED) is 0.376. The number of ether oxygens (including phenoxy) is 2. The van der Waals surface area contributed by atoms with Gasteiger partial charge in [-0.3, -0.25) is 15.6 Å². The minimum absolute atomic E-state index is 0.165. The van der Waals surface area contributed by atoms with E-state index in [9.17, 15) is 4.79 Å². The molecule has 0 saturated heterocycles. The summed E-state index contributed by atoms with van der Waals surface area (Å²) in [6.45, 7) is 0. The lowest BCUT2D eigenvalue weighted by molar-refractivity contribution is -0.119. The van der Waals surface area contributed by atoms with Crippen molar-refractivity contribution in [3.63, 3.8) is 0 Å². The lowest BCUT2D eigenvalue weighted by Crippen LogP contribution is -2.44. The summed E-state index contributed by atoms with van der Waals surface area (Å²) in [6, 6.07) is 19.8. The largest absolute Gasteiger partial charge is 0.497 e. The van der Waals surface area contributed by atoms with Gasteiger partial charge in [0.15, 0.2) is 5.11 Å².